The standard InChI is InChI=1S/C14H20O3S/c1-9(14(16)17)13-6-4-12(5-7-13)8-18-11(3)10(2)15/h4-7,9-11,15H,8H2,1-3H3,(H,16,17). The summed E-state index contributed by atoms with van der Waals surface area (Å²) in [5.74, 6) is -0.448. The lowest BCUT2D eigenvalue weighted by Crippen LogP contribution is -2.15. The van der Waals surface area contributed by atoms with Gasteiger partial charge in [0, 0.05) is 11.0 Å². The number of carbonyl (C=O) groups is 1. The Kier molecular flexibility index (Phi) is 5.69. The fraction of sp³-hybridized carbons (Fsp3) is 0.500. The number of hydrogen-bond donors (Lipinski definition) is 2. The van der Waals surface area contributed by atoms with Gasteiger partial charge in [-0.2, -0.15) is 11.8 Å². The summed E-state index contributed by atoms with van der Waals surface area (Å²) in [7, 11) is 0. The van der Waals surface area contributed by atoms with Crippen molar-refractivity contribution in [2.24, 2.45) is 0 Å². The SMILES string of the molecule is CC(C(=O)O)c1ccc(CSC(C)C(C)O)cc1. The second kappa shape index (κ2) is 6.81. The quantitative estimate of drug-likeness (QED) is 0.833. The summed E-state index contributed by atoms with van der Waals surface area (Å²) >= 11 is 1.69. The molecule has 0 saturated heterocycles. The average molecular weight is 268 g/mol. The molecule has 3 nitrogen and oxygen atoms in total. The smallest absolute Gasteiger partial charge is 0.310 e. The predicted molar refractivity (Wildman–Crippen MR) is 74.9 cm³/mol. The summed E-state index contributed by atoms with van der Waals surface area (Å²) in [5, 5.41) is 18.5. The number of thioether (sulfide) groups is 1. The van der Waals surface area contributed by atoms with Crippen LogP contribution < -0.4 is 0 Å². The Morgan fingerprint density at radius 2 is 1.78 bits per heavy atom. The summed E-state index contributed by atoms with van der Waals surface area (Å²) < 4.78 is 0. The van der Waals surface area contributed by atoms with Gasteiger partial charge < -0.3 is 10.2 Å². The maximum Gasteiger partial charge on any atom is 0.310 e. The Bertz CT molecular complexity index is 387. The molecule has 3 atom stereocenters. The van der Waals surface area contributed by atoms with Crippen LogP contribution in [0.5, 0.6) is 0 Å². The minimum atomic E-state index is -0.806. The van der Waals surface area contributed by atoms with Crippen molar-refractivity contribution >= 4 is 17.7 Å². The van der Waals surface area contributed by atoms with Gasteiger partial charge in [-0.3, -0.25) is 4.79 Å². The number of carboxylic acids is 1. The zero-order chi connectivity index (χ0) is 13.7. The van der Waals surface area contributed by atoms with Gasteiger partial charge in [0.15, 0.2) is 0 Å². The van der Waals surface area contributed by atoms with E-state index >= 15 is 0 Å². The molecule has 0 aliphatic carbocycles. The molecule has 0 amide bonds. The highest BCUT2D eigenvalue weighted by atomic mass is 32.2. The minimum Gasteiger partial charge on any atom is -0.481 e. The Morgan fingerprint density at radius 3 is 2.22 bits per heavy atom. The lowest BCUT2D eigenvalue weighted by molar-refractivity contribution is -0.138. The van der Waals surface area contributed by atoms with Gasteiger partial charge >= 0.3 is 5.97 Å². The van der Waals surface area contributed by atoms with E-state index in [4.69, 9.17) is 5.11 Å². The molecule has 3 unspecified atom stereocenters. The zero-order valence-electron chi connectivity index (χ0n) is 11.0. The second-order valence-corrected chi connectivity index (χ2v) is 5.92. The largest absolute Gasteiger partial charge is 0.481 e. The molecule has 1 rings (SSSR count). The maximum atomic E-state index is 10.8. The Hall–Kier alpha value is -1.00. The fourth-order valence-corrected chi connectivity index (χ4v) is 2.34. The van der Waals surface area contributed by atoms with Crippen LogP contribution in [0.4, 0.5) is 0 Å². The van der Waals surface area contributed by atoms with Crippen LogP contribution in [0.15, 0.2) is 24.3 Å². The molecule has 100 valence electrons. The number of hydrogen-bond acceptors (Lipinski definition) is 3. The average Bonchev–Trinajstić information content (AvgIpc) is 2.35. The molecule has 0 fully saturated rings. The van der Waals surface area contributed by atoms with Crippen molar-refractivity contribution in [1.82, 2.24) is 0 Å². The molecule has 0 saturated carbocycles. The van der Waals surface area contributed by atoms with Gasteiger partial charge in [-0.25, -0.2) is 0 Å². The molecule has 0 aliphatic rings. The van der Waals surface area contributed by atoms with Crippen LogP contribution in [0.25, 0.3) is 0 Å². The highest BCUT2D eigenvalue weighted by molar-refractivity contribution is 7.99. The first kappa shape index (κ1) is 15.1. The monoisotopic (exact) mass is 268 g/mol. The molecule has 0 aromatic heterocycles. The molecule has 4 heteroatoms. The molecular formula is C14H20O3S. The summed E-state index contributed by atoms with van der Waals surface area (Å²) in [6, 6.07) is 7.64. The zero-order valence-corrected chi connectivity index (χ0v) is 11.8. The van der Waals surface area contributed by atoms with E-state index < -0.39 is 11.9 Å². The summed E-state index contributed by atoms with van der Waals surface area (Å²) in [6.07, 6.45) is -0.318. The van der Waals surface area contributed by atoms with E-state index in [1.54, 1.807) is 25.6 Å². The molecule has 1 aromatic carbocycles. The minimum absolute atomic E-state index is 0.197. The first-order valence-electron chi connectivity index (χ1n) is 6.03. The topological polar surface area (TPSA) is 57.5 Å². The van der Waals surface area contributed by atoms with E-state index in [1.807, 2.05) is 31.2 Å². The summed E-state index contributed by atoms with van der Waals surface area (Å²) in [4.78, 5) is 10.8. The molecule has 0 bridgehead atoms. The number of benzene rings is 1. The van der Waals surface area contributed by atoms with E-state index in [-0.39, 0.29) is 11.4 Å². The van der Waals surface area contributed by atoms with E-state index in [0.29, 0.717) is 0 Å². The van der Waals surface area contributed by atoms with Crippen molar-refractivity contribution in [1.29, 1.82) is 0 Å². The van der Waals surface area contributed by atoms with Crippen molar-refractivity contribution in [2.45, 2.75) is 43.8 Å². The van der Waals surface area contributed by atoms with E-state index in [9.17, 15) is 9.90 Å². The van der Waals surface area contributed by atoms with Crippen LogP contribution >= 0.6 is 11.8 Å². The van der Waals surface area contributed by atoms with Crippen molar-refractivity contribution in [3.8, 4) is 0 Å². The van der Waals surface area contributed by atoms with Crippen LogP contribution in [-0.4, -0.2) is 27.5 Å². The molecule has 0 spiro atoms. The first-order valence-corrected chi connectivity index (χ1v) is 7.08. The number of carboxylic acid groups (broad SMARTS) is 1. The van der Waals surface area contributed by atoms with Gasteiger partial charge in [0.1, 0.15) is 0 Å². The van der Waals surface area contributed by atoms with Crippen LogP contribution in [-0.2, 0) is 10.5 Å². The van der Waals surface area contributed by atoms with Crippen LogP contribution in [0.2, 0.25) is 0 Å². The van der Waals surface area contributed by atoms with Crippen molar-refractivity contribution in [2.75, 3.05) is 0 Å². The molecule has 2 N–H and O–H groups in total. The van der Waals surface area contributed by atoms with E-state index in [1.165, 1.54) is 0 Å². The number of rotatable bonds is 6. The second-order valence-electron chi connectivity index (χ2n) is 4.56. The number of aliphatic hydroxyl groups excluding tert-OH is 1. The normalized spacial score (nSPS) is 16.0. The Labute approximate surface area is 112 Å². The molecule has 18 heavy (non-hydrogen) atoms. The van der Waals surface area contributed by atoms with Crippen molar-refractivity contribution < 1.29 is 15.0 Å². The first-order chi connectivity index (χ1) is 8.41. The third kappa shape index (κ3) is 4.35. The highest BCUT2D eigenvalue weighted by Crippen LogP contribution is 2.22. The lowest BCUT2D eigenvalue weighted by atomic mass is 10.0. The van der Waals surface area contributed by atoms with Gasteiger partial charge in [0.25, 0.3) is 0 Å². The molecule has 0 aliphatic heterocycles. The number of aliphatic hydroxyl groups is 1. The van der Waals surface area contributed by atoms with E-state index in [0.717, 1.165) is 16.9 Å². The predicted octanol–water partition coefficient (Wildman–Crippen LogP) is 2.88. The van der Waals surface area contributed by atoms with Crippen LogP contribution in [0.3, 0.4) is 0 Å². The van der Waals surface area contributed by atoms with Crippen LogP contribution in [0, 0.1) is 0 Å². The summed E-state index contributed by atoms with van der Waals surface area (Å²) in [6.45, 7) is 5.47. The highest BCUT2D eigenvalue weighted by Gasteiger charge is 2.13. The third-order valence-electron chi connectivity index (χ3n) is 3.04. The maximum absolute atomic E-state index is 10.8. The van der Waals surface area contributed by atoms with Gasteiger partial charge in [-0.15, -0.1) is 0 Å². The van der Waals surface area contributed by atoms with Crippen LogP contribution in [0.1, 0.15) is 37.8 Å². The van der Waals surface area contributed by atoms with Gasteiger partial charge in [-0.05, 0) is 25.0 Å². The Morgan fingerprint density at radius 1 is 1.22 bits per heavy atom. The molecule has 0 radical (unpaired) electrons. The van der Waals surface area contributed by atoms with Gasteiger partial charge in [0.05, 0.1) is 12.0 Å². The molecular weight excluding hydrogens is 248 g/mol. The van der Waals surface area contributed by atoms with Gasteiger partial charge in [-0.1, -0.05) is 31.2 Å². The van der Waals surface area contributed by atoms with Gasteiger partial charge in [0.2, 0.25) is 0 Å². The summed E-state index contributed by atoms with van der Waals surface area (Å²) in [5.41, 5.74) is 1.97. The third-order valence-corrected chi connectivity index (χ3v) is 4.46. The van der Waals surface area contributed by atoms with E-state index in [2.05, 4.69) is 0 Å². The lowest BCUT2D eigenvalue weighted by Gasteiger charge is -2.14. The van der Waals surface area contributed by atoms with Crippen molar-refractivity contribution in [3.63, 3.8) is 0 Å². The Balaban J connectivity index is 2.58. The fourth-order valence-electron chi connectivity index (χ4n) is 1.41. The van der Waals surface area contributed by atoms with Crippen molar-refractivity contribution in [3.05, 3.63) is 35.4 Å². The number of aliphatic carboxylic acids is 1. The molecule has 0 heterocycles. The molecule has 1 aromatic rings.